The molecule has 0 aromatic heterocycles. The van der Waals surface area contributed by atoms with Gasteiger partial charge in [-0.25, -0.2) is 22.5 Å². The molecule has 2 aromatic carbocycles. The van der Waals surface area contributed by atoms with E-state index in [1.54, 1.807) is 24.3 Å². The minimum Gasteiger partial charge on any atom is -0.312 e. The van der Waals surface area contributed by atoms with Gasteiger partial charge in [0, 0.05) is 19.1 Å². The first-order chi connectivity index (χ1) is 13.9. The summed E-state index contributed by atoms with van der Waals surface area (Å²) in [7, 11) is -3.72. The van der Waals surface area contributed by atoms with Crippen LogP contribution in [0.5, 0.6) is 0 Å². The lowest BCUT2D eigenvalue weighted by molar-refractivity contribution is -0.116. The second-order valence-electron chi connectivity index (χ2n) is 7.06. The molecule has 0 unspecified atom stereocenters. The third kappa shape index (κ3) is 3.63. The Morgan fingerprint density at radius 3 is 2.14 bits per heavy atom. The number of nitrogens with zero attached hydrogens (tertiary/aromatic N) is 3. The number of benzene rings is 2. The average molecular weight is 417 g/mol. The molecule has 2 aliphatic rings. The number of anilines is 1. The molecule has 0 spiro atoms. The Hall–Kier alpha value is -2.78. The number of halogens is 1. The third-order valence-electron chi connectivity index (χ3n) is 5.32. The molecule has 0 saturated carbocycles. The van der Waals surface area contributed by atoms with E-state index in [-0.39, 0.29) is 42.5 Å². The molecule has 0 atom stereocenters. The lowest BCUT2D eigenvalue weighted by Gasteiger charge is -2.35. The van der Waals surface area contributed by atoms with Gasteiger partial charge < -0.3 is 4.90 Å². The van der Waals surface area contributed by atoms with Crippen molar-refractivity contribution in [2.45, 2.75) is 23.8 Å². The highest BCUT2D eigenvalue weighted by molar-refractivity contribution is 7.89. The number of rotatable bonds is 4. The number of para-hydroxylation sites is 1. The molecule has 2 heterocycles. The van der Waals surface area contributed by atoms with Gasteiger partial charge in [-0.15, -0.1) is 0 Å². The van der Waals surface area contributed by atoms with Crippen molar-refractivity contribution >= 4 is 27.6 Å². The van der Waals surface area contributed by atoms with E-state index < -0.39 is 15.8 Å². The fraction of sp³-hybridized carbons (Fsp3) is 0.300. The predicted octanol–water partition coefficient (Wildman–Crippen LogP) is 2.45. The molecule has 152 valence electrons. The Kier molecular flexibility index (Phi) is 5.10. The number of imide groups is 1. The van der Waals surface area contributed by atoms with Crippen LogP contribution in [0.25, 0.3) is 0 Å². The van der Waals surface area contributed by atoms with Crippen LogP contribution < -0.4 is 4.90 Å². The zero-order chi connectivity index (χ0) is 20.6. The van der Waals surface area contributed by atoms with Crippen molar-refractivity contribution < 1.29 is 22.4 Å². The number of hydrogen-bond donors (Lipinski definition) is 0. The normalized spacial score (nSPS) is 19.2. The number of sulfonamides is 1. The largest absolute Gasteiger partial charge is 0.332 e. The van der Waals surface area contributed by atoms with Gasteiger partial charge in [0.25, 0.3) is 5.91 Å². The molecule has 0 radical (unpaired) electrons. The Balaban J connectivity index is 1.44. The van der Waals surface area contributed by atoms with Crippen molar-refractivity contribution in [1.29, 1.82) is 0 Å². The van der Waals surface area contributed by atoms with E-state index >= 15 is 0 Å². The van der Waals surface area contributed by atoms with Crippen LogP contribution in [0.3, 0.4) is 0 Å². The Morgan fingerprint density at radius 1 is 0.897 bits per heavy atom. The lowest BCUT2D eigenvalue weighted by atomic mass is 10.1. The predicted molar refractivity (Wildman–Crippen MR) is 104 cm³/mol. The SMILES string of the molecule is O=C1CN(C2CCN(S(=O)(=O)c3ccc(F)cc3)CC2)C(=O)N1c1ccccc1. The van der Waals surface area contributed by atoms with E-state index in [1.807, 2.05) is 6.07 Å². The molecular weight excluding hydrogens is 397 g/mol. The van der Waals surface area contributed by atoms with E-state index in [9.17, 15) is 22.4 Å². The summed E-state index contributed by atoms with van der Waals surface area (Å²) in [6.45, 7) is 0.449. The fourth-order valence-corrected chi connectivity index (χ4v) is 5.26. The van der Waals surface area contributed by atoms with Crippen molar-refractivity contribution in [3.63, 3.8) is 0 Å². The summed E-state index contributed by atoms with van der Waals surface area (Å²) in [4.78, 5) is 27.9. The van der Waals surface area contributed by atoms with Crippen LogP contribution >= 0.6 is 0 Å². The van der Waals surface area contributed by atoms with Crippen LogP contribution in [0, 0.1) is 5.82 Å². The van der Waals surface area contributed by atoms with Gasteiger partial charge in [0.1, 0.15) is 12.4 Å². The number of carbonyl (C=O) groups is 2. The topological polar surface area (TPSA) is 78.0 Å². The molecule has 2 saturated heterocycles. The summed E-state index contributed by atoms with van der Waals surface area (Å²) in [5.41, 5.74) is 0.529. The molecule has 7 nitrogen and oxygen atoms in total. The molecule has 0 bridgehead atoms. The average Bonchev–Trinajstić information content (AvgIpc) is 3.03. The second-order valence-corrected chi connectivity index (χ2v) is 9.00. The van der Waals surface area contributed by atoms with Crippen LogP contribution in [0.4, 0.5) is 14.9 Å². The van der Waals surface area contributed by atoms with Gasteiger partial charge in [0.2, 0.25) is 10.0 Å². The fourth-order valence-electron chi connectivity index (χ4n) is 3.79. The highest BCUT2D eigenvalue weighted by Gasteiger charge is 2.42. The minimum atomic E-state index is -3.72. The Bertz CT molecular complexity index is 1020. The highest BCUT2D eigenvalue weighted by atomic mass is 32.2. The Morgan fingerprint density at radius 2 is 1.52 bits per heavy atom. The maximum atomic E-state index is 13.1. The summed E-state index contributed by atoms with van der Waals surface area (Å²) in [6.07, 6.45) is 0.865. The molecule has 4 rings (SSSR count). The van der Waals surface area contributed by atoms with E-state index in [4.69, 9.17) is 0 Å². The minimum absolute atomic E-state index is 0.0108. The zero-order valence-electron chi connectivity index (χ0n) is 15.6. The number of carbonyl (C=O) groups excluding carboxylic acids is 2. The van der Waals surface area contributed by atoms with Gasteiger partial charge in [-0.05, 0) is 49.2 Å². The molecule has 9 heteroatoms. The van der Waals surface area contributed by atoms with E-state index in [2.05, 4.69) is 0 Å². The molecule has 0 N–H and O–H groups in total. The highest BCUT2D eigenvalue weighted by Crippen LogP contribution is 2.28. The molecule has 29 heavy (non-hydrogen) atoms. The summed E-state index contributed by atoms with van der Waals surface area (Å²) < 4.78 is 39.9. The van der Waals surface area contributed by atoms with Gasteiger partial charge in [0.05, 0.1) is 10.6 Å². The number of piperidine rings is 1. The van der Waals surface area contributed by atoms with E-state index in [0.717, 1.165) is 12.1 Å². The number of urea groups is 1. The monoisotopic (exact) mass is 417 g/mol. The van der Waals surface area contributed by atoms with Crippen molar-refractivity contribution in [2.24, 2.45) is 0 Å². The van der Waals surface area contributed by atoms with Crippen LogP contribution in [-0.4, -0.2) is 55.2 Å². The van der Waals surface area contributed by atoms with Crippen LogP contribution in [0.1, 0.15) is 12.8 Å². The first kappa shape index (κ1) is 19.5. The number of hydrogen-bond acceptors (Lipinski definition) is 4. The molecule has 2 fully saturated rings. The summed E-state index contributed by atoms with van der Waals surface area (Å²) in [5.74, 6) is -0.787. The molecule has 3 amide bonds. The number of amides is 3. The molecule has 2 aliphatic heterocycles. The summed E-state index contributed by atoms with van der Waals surface area (Å²) in [6, 6.07) is 12.9. The first-order valence-electron chi connectivity index (χ1n) is 9.32. The molecule has 2 aromatic rings. The summed E-state index contributed by atoms with van der Waals surface area (Å²) >= 11 is 0. The van der Waals surface area contributed by atoms with Crippen molar-refractivity contribution in [3.05, 3.63) is 60.4 Å². The van der Waals surface area contributed by atoms with Gasteiger partial charge in [-0.2, -0.15) is 4.31 Å². The smallest absolute Gasteiger partial charge is 0.312 e. The Labute approximate surface area is 168 Å². The van der Waals surface area contributed by atoms with Crippen molar-refractivity contribution in [3.8, 4) is 0 Å². The molecular formula is C20H20FN3O4S. The quantitative estimate of drug-likeness (QED) is 0.716. The van der Waals surface area contributed by atoms with Gasteiger partial charge in [0.15, 0.2) is 0 Å². The van der Waals surface area contributed by atoms with Crippen LogP contribution in [-0.2, 0) is 14.8 Å². The van der Waals surface area contributed by atoms with Gasteiger partial charge in [-0.1, -0.05) is 18.2 Å². The van der Waals surface area contributed by atoms with E-state index in [1.165, 1.54) is 26.2 Å². The van der Waals surface area contributed by atoms with Gasteiger partial charge in [-0.3, -0.25) is 4.79 Å². The van der Waals surface area contributed by atoms with Crippen molar-refractivity contribution in [2.75, 3.05) is 24.5 Å². The summed E-state index contributed by atoms with van der Waals surface area (Å²) in [5, 5.41) is 0. The maximum Gasteiger partial charge on any atom is 0.332 e. The zero-order valence-corrected chi connectivity index (χ0v) is 16.4. The lowest BCUT2D eigenvalue weighted by Crippen LogP contribution is -2.48. The standard InChI is InChI=1S/C20H20FN3O4S/c21-15-6-8-18(9-7-15)29(27,28)22-12-10-16(11-13-22)23-14-19(25)24(20(23)26)17-4-2-1-3-5-17/h1-9,16H,10-14H2. The van der Waals surface area contributed by atoms with Crippen LogP contribution in [0.2, 0.25) is 0 Å². The third-order valence-corrected chi connectivity index (χ3v) is 7.23. The maximum absolute atomic E-state index is 13.1. The van der Waals surface area contributed by atoms with E-state index in [0.29, 0.717) is 18.5 Å². The second kappa shape index (κ2) is 7.57. The van der Waals surface area contributed by atoms with Crippen molar-refractivity contribution in [1.82, 2.24) is 9.21 Å². The van der Waals surface area contributed by atoms with Gasteiger partial charge >= 0.3 is 6.03 Å². The van der Waals surface area contributed by atoms with Crippen LogP contribution in [0.15, 0.2) is 59.5 Å². The first-order valence-corrected chi connectivity index (χ1v) is 10.8. The molecule has 0 aliphatic carbocycles.